The summed E-state index contributed by atoms with van der Waals surface area (Å²) >= 11 is 0. The van der Waals surface area contributed by atoms with E-state index in [1.54, 1.807) is 48.5 Å². The van der Waals surface area contributed by atoms with Crippen molar-refractivity contribution in [2.75, 3.05) is 7.05 Å². The number of carbonyl (C=O) groups is 1. The summed E-state index contributed by atoms with van der Waals surface area (Å²) in [6.45, 7) is -0.190. The monoisotopic (exact) mass is 289 g/mol. The summed E-state index contributed by atoms with van der Waals surface area (Å²) in [4.78, 5) is 12.8. The summed E-state index contributed by atoms with van der Waals surface area (Å²) in [5.41, 5.74) is 0.971. The van der Waals surface area contributed by atoms with Crippen LogP contribution in [0.5, 0.6) is 0 Å². The van der Waals surface area contributed by atoms with Crippen LogP contribution in [0.4, 0.5) is 0 Å². The average molecular weight is 289 g/mol. The molecule has 0 radical (unpaired) electrons. The van der Waals surface area contributed by atoms with Crippen LogP contribution in [0.2, 0.25) is 0 Å². The zero-order valence-electron chi connectivity index (χ0n) is 11.0. The molecule has 20 heavy (non-hydrogen) atoms. The SMILES string of the molecule is CNC(=O)c1ccccc1[S@](=O)c1ccccc1CO. The van der Waals surface area contributed by atoms with E-state index >= 15 is 0 Å². The smallest absolute Gasteiger partial charge is 0.252 e. The number of aliphatic hydroxyl groups excluding tert-OH is 1. The minimum absolute atomic E-state index is 0.190. The van der Waals surface area contributed by atoms with Crippen molar-refractivity contribution < 1.29 is 14.1 Å². The lowest BCUT2D eigenvalue weighted by Crippen LogP contribution is -2.20. The van der Waals surface area contributed by atoms with Crippen LogP contribution in [0.25, 0.3) is 0 Å². The van der Waals surface area contributed by atoms with Gasteiger partial charge in [0.2, 0.25) is 0 Å². The molecule has 2 aromatic rings. The summed E-state index contributed by atoms with van der Waals surface area (Å²) in [7, 11) is 0.0187. The lowest BCUT2D eigenvalue weighted by molar-refractivity contribution is 0.0960. The first-order valence-electron chi connectivity index (χ1n) is 6.10. The van der Waals surface area contributed by atoms with Gasteiger partial charge in [-0.1, -0.05) is 30.3 Å². The van der Waals surface area contributed by atoms with E-state index in [4.69, 9.17) is 0 Å². The molecule has 0 saturated carbocycles. The Morgan fingerprint density at radius 1 is 1.10 bits per heavy atom. The van der Waals surface area contributed by atoms with Gasteiger partial charge in [0, 0.05) is 11.9 Å². The van der Waals surface area contributed by atoms with E-state index in [1.807, 2.05) is 0 Å². The fraction of sp³-hybridized carbons (Fsp3) is 0.133. The van der Waals surface area contributed by atoms with E-state index in [0.29, 0.717) is 20.9 Å². The third kappa shape index (κ3) is 2.79. The van der Waals surface area contributed by atoms with E-state index in [9.17, 15) is 14.1 Å². The molecule has 4 nitrogen and oxygen atoms in total. The largest absolute Gasteiger partial charge is 0.392 e. The molecule has 1 atom stereocenters. The van der Waals surface area contributed by atoms with Gasteiger partial charge in [0.1, 0.15) is 0 Å². The first kappa shape index (κ1) is 14.4. The minimum atomic E-state index is -1.51. The van der Waals surface area contributed by atoms with E-state index in [2.05, 4.69) is 5.32 Å². The second kappa shape index (κ2) is 6.45. The highest BCUT2D eigenvalue weighted by molar-refractivity contribution is 7.85. The molecule has 0 saturated heterocycles. The van der Waals surface area contributed by atoms with Crippen LogP contribution in [-0.2, 0) is 17.4 Å². The fourth-order valence-corrected chi connectivity index (χ4v) is 3.26. The molecule has 2 rings (SSSR count). The minimum Gasteiger partial charge on any atom is -0.392 e. The van der Waals surface area contributed by atoms with Gasteiger partial charge in [0.15, 0.2) is 0 Å². The quantitative estimate of drug-likeness (QED) is 0.900. The molecule has 5 heteroatoms. The number of benzene rings is 2. The van der Waals surface area contributed by atoms with Gasteiger partial charge in [-0.05, 0) is 23.8 Å². The van der Waals surface area contributed by atoms with Gasteiger partial charge in [-0.25, -0.2) is 4.21 Å². The molecule has 0 aliphatic heterocycles. The van der Waals surface area contributed by atoms with Crippen LogP contribution < -0.4 is 5.32 Å². The highest BCUT2D eigenvalue weighted by atomic mass is 32.2. The van der Waals surface area contributed by atoms with E-state index < -0.39 is 10.8 Å². The number of nitrogens with one attached hydrogen (secondary N) is 1. The maximum Gasteiger partial charge on any atom is 0.252 e. The second-order valence-electron chi connectivity index (χ2n) is 4.11. The van der Waals surface area contributed by atoms with Crippen LogP contribution in [-0.4, -0.2) is 22.3 Å². The molecule has 0 spiro atoms. The summed E-state index contributed by atoms with van der Waals surface area (Å²) in [5.74, 6) is -0.282. The van der Waals surface area contributed by atoms with Crippen molar-refractivity contribution in [3.63, 3.8) is 0 Å². The summed E-state index contributed by atoms with van der Waals surface area (Å²) in [6.07, 6.45) is 0. The first-order valence-corrected chi connectivity index (χ1v) is 7.25. The van der Waals surface area contributed by atoms with E-state index in [-0.39, 0.29) is 12.5 Å². The van der Waals surface area contributed by atoms with Crippen molar-refractivity contribution in [3.8, 4) is 0 Å². The van der Waals surface area contributed by atoms with Gasteiger partial charge in [0.05, 0.1) is 27.9 Å². The number of amides is 1. The van der Waals surface area contributed by atoms with Crippen molar-refractivity contribution in [1.29, 1.82) is 0 Å². The Morgan fingerprint density at radius 3 is 2.35 bits per heavy atom. The number of aliphatic hydroxyl groups is 1. The zero-order chi connectivity index (χ0) is 14.5. The molecule has 0 fully saturated rings. The van der Waals surface area contributed by atoms with Gasteiger partial charge in [-0.15, -0.1) is 0 Å². The Labute approximate surface area is 119 Å². The highest BCUT2D eigenvalue weighted by Crippen LogP contribution is 2.23. The molecular formula is C15H15NO3S. The molecular weight excluding hydrogens is 274 g/mol. The molecule has 0 aliphatic carbocycles. The zero-order valence-corrected chi connectivity index (χ0v) is 11.8. The van der Waals surface area contributed by atoms with Gasteiger partial charge in [-0.3, -0.25) is 4.79 Å². The standard InChI is InChI=1S/C15H15NO3S/c1-16-15(18)12-7-3-5-9-14(12)20(19)13-8-4-2-6-11(13)10-17/h2-9,17H,10H2,1H3,(H,16,18)/t20-/m1/s1. The molecule has 0 aliphatic rings. The molecule has 1 amide bonds. The Hall–Kier alpha value is -1.98. The van der Waals surface area contributed by atoms with Crippen molar-refractivity contribution >= 4 is 16.7 Å². The molecule has 0 heterocycles. The number of hydrogen-bond acceptors (Lipinski definition) is 3. The number of rotatable bonds is 4. The third-order valence-electron chi connectivity index (χ3n) is 2.90. The van der Waals surface area contributed by atoms with Crippen LogP contribution in [0.3, 0.4) is 0 Å². The van der Waals surface area contributed by atoms with Crippen molar-refractivity contribution in [2.45, 2.75) is 16.4 Å². The first-order chi connectivity index (χ1) is 9.69. The molecule has 0 aromatic heterocycles. The van der Waals surface area contributed by atoms with Crippen LogP contribution in [0.15, 0.2) is 58.3 Å². The Kier molecular flexibility index (Phi) is 4.65. The molecule has 0 unspecified atom stereocenters. The predicted octanol–water partition coefficient (Wildman–Crippen LogP) is 1.71. The topological polar surface area (TPSA) is 66.4 Å². The fourth-order valence-electron chi connectivity index (χ4n) is 1.88. The van der Waals surface area contributed by atoms with Crippen molar-refractivity contribution in [1.82, 2.24) is 5.32 Å². The number of carbonyl (C=O) groups excluding carboxylic acids is 1. The maximum absolute atomic E-state index is 12.7. The number of hydrogen-bond donors (Lipinski definition) is 2. The average Bonchev–Trinajstić information content (AvgIpc) is 2.53. The molecule has 2 N–H and O–H groups in total. The predicted molar refractivity (Wildman–Crippen MR) is 76.9 cm³/mol. The van der Waals surface area contributed by atoms with Crippen LogP contribution >= 0.6 is 0 Å². The second-order valence-corrected chi connectivity index (χ2v) is 5.53. The van der Waals surface area contributed by atoms with Crippen LogP contribution in [0.1, 0.15) is 15.9 Å². The lowest BCUT2D eigenvalue weighted by Gasteiger charge is -2.10. The maximum atomic E-state index is 12.7. The lowest BCUT2D eigenvalue weighted by atomic mass is 10.2. The van der Waals surface area contributed by atoms with E-state index in [0.717, 1.165) is 0 Å². The van der Waals surface area contributed by atoms with Gasteiger partial charge < -0.3 is 10.4 Å². The van der Waals surface area contributed by atoms with Gasteiger partial charge in [-0.2, -0.15) is 0 Å². The Morgan fingerprint density at radius 2 is 1.70 bits per heavy atom. The Balaban J connectivity index is 2.51. The summed E-state index contributed by atoms with van der Waals surface area (Å²) < 4.78 is 12.7. The molecule has 2 aromatic carbocycles. The highest BCUT2D eigenvalue weighted by Gasteiger charge is 2.17. The third-order valence-corrected chi connectivity index (χ3v) is 4.45. The molecule has 104 valence electrons. The van der Waals surface area contributed by atoms with Gasteiger partial charge in [0.25, 0.3) is 5.91 Å². The van der Waals surface area contributed by atoms with E-state index in [1.165, 1.54) is 7.05 Å². The van der Waals surface area contributed by atoms with Crippen LogP contribution in [0, 0.1) is 0 Å². The summed E-state index contributed by atoms with van der Waals surface area (Å²) in [6, 6.07) is 13.7. The van der Waals surface area contributed by atoms with Crippen molar-refractivity contribution in [3.05, 3.63) is 59.7 Å². The van der Waals surface area contributed by atoms with Gasteiger partial charge >= 0.3 is 0 Å². The summed E-state index contributed by atoms with van der Waals surface area (Å²) in [5, 5.41) is 11.9. The van der Waals surface area contributed by atoms with Crippen molar-refractivity contribution in [2.24, 2.45) is 0 Å². The normalized spacial score (nSPS) is 11.9. The molecule has 0 bridgehead atoms. The Bertz CT molecular complexity index is 655.